The minimum Gasteiger partial charge on any atom is -0.493 e. The fraction of sp³-hybridized carbons (Fsp3) is 0.120. The summed E-state index contributed by atoms with van der Waals surface area (Å²) in [5.41, 5.74) is 2.35. The number of imide groups is 1. The molecule has 0 saturated carbocycles. The van der Waals surface area contributed by atoms with Crippen molar-refractivity contribution in [3.63, 3.8) is 0 Å². The SMILES string of the molecule is COc1ccc(N2C(=O)C(c3ccc(Cl)cc3)=C(N(C)c3ccccc3)C2=O)cc1OC. The molecule has 4 rings (SSSR count). The molecule has 0 atom stereocenters. The number of carbonyl (C=O) groups is 2. The van der Waals surface area contributed by atoms with Crippen LogP contribution in [0.15, 0.2) is 78.5 Å². The van der Waals surface area contributed by atoms with Crippen molar-refractivity contribution >= 4 is 40.4 Å². The second-order valence-corrected chi connectivity index (χ2v) is 7.55. The normalized spacial score (nSPS) is 13.6. The van der Waals surface area contributed by atoms with Gasteiger partial charge in [0, 0.05) is 23.8 Å². The van der Waals surface area contributed by atoms with Crippen molar-refractivity contribution in [2.45, 2.75) is 0 Å². The molecule has 0 fully saturated rings. The average molecular weight is 449 g/mol. The van der Waals surface area contributed by atoms with E-state index in [2.05, 4.69) is 0 Å². The molecule has 7 heteroatoms. The molecule has 32 heavy (non-hydrogen) atoms. The van der Waals surface area contributed by atoms with Gasteiger partial charge in [0.05, 0.1) is 25.5 Å². The van der Waals surface area contributed by atoms with Crippen molar-refractivity contribution in [2.75, 3.05) is 31.1 Å². The zero-order chi connectivity index (χ0) is 22.8. The molecule has 0 unspecified atom stereocenters. The van der Waals surface area contributed by atoms with E-state index in [0.717, 1.165) is 10.6 Å². The third-order valence-corrected chi connectivity index (χ3v) is 5.55. The van der Waals surface area contributed by atoms with Crippen LogP contribution < -0.4 is 19.3 Å². The van der Waals surface area contributed by atoms with E-state index in [-0.39, 0.29) is 5.70 Å². The van der Waals surface area contributed by atoms with Crippen LogP contribution in [0.2, 0.25) is 5.02 Å². The largest absolute Gasteiger partial charge is 0.493 e. The molecule has 0 bridgehead atoms. The van der Waals surface area contributed by atoms with Crippen molar-refractivity contribution in [2.24, 2.45) is 0 Å². The van der Waals surface area contributed by atoms with Gasteiger partial charge in [0.2, 0.25) is 0 Å². The number of rotatable bonds is 6. The lowest BCUT2D eigenvalue weighted by atomic mass is 10.0. The zero-order valence-electron chi connectivity index (χ0n) is 17.8. The summed E-state index contributed by atoms with van der Waals surface area (Å²) >= 11 is 6.05. The van der Waals surface area contributed by atoms with E-state index >= 15 is 0 Å². The third-order valence-electron chi connectivity index (χ3n) is 5.30. The predicted molar refractivity (Wildman–Crippen MR) is 125 cm³/mol. The topological polar surface area (TPSA) is 59.1 Å². The lowest BCUT2D eigenvalue weighted by Gasteiger charge is -2.22. The molecule has 1 aliphatic heterocycles. The highest BCUT2D eigenvalue weighted by Crippen LogP contribution is 2.39. The molecule has 2 amide bonds. The first-order valence-corrected chi connectivity index (χ1v) is 10.2. The molecule has 1 heterocycles. The summed E-state index contributed by atoms with van der Waals surface area (Å²) in [6.07, 6.45) is 0. The summed E-state index contributed by atoms with van der Waals surface area (Å²) in [5, 5.41) is 0.542. The van der Waals surface area contributed by atoms with Gasteiger partial charge in [-0.25, -0.2) is 4.90 Å². The second kappa shape index (κ2) is 8.77. The van der Waals surface area contributed by atoms with Crippen molar-refractivity contribution in [1.29, 1.82) is 0 Å². The Morgan fingerprint density at radius 3 is 2.09 bits per heavy atom. The summed E-state index contributed by atoms with van der Waals surface area (Å²) in [6, 6.07) is 21.2. The first kappa shape index (κ1) is 21.5. The summed E-state index contributed by atoms with van der Waals surface area (Å²) in [6.45, 7) is 0. The van der Waals surface area contributed by atoms with Crippen molar-refractivity contribution in [1.82, 2.24) is 0 Å². The van der Waals surface area contributed by atoms with Crippen LogP contribution in [-0.2, 0) is 9.59 Å². The molecule has 0 aliphatic carbocycles. The van der Waals surface area contributed by atoms with Crippen LogP contribution in [0, 0.1) is 0 Å². The highest BCUT2D eigenvalue weighted by molar-refractivity contribution is 6.46. The number of hydrogen-bond donors (Lipinski definition) is 0. The number of amides is 2. The van der Waals surface area contributed by atoms with Crippen LogP contribution in [0.1, 0.15) is 5.56 Å². The summed E-state index contributed by atoms with van der Waals surface area (Å²) in [4.78, 5) is 30.1. The van der Waals surface area contributed by atoms with Crippen LogP contribution in [0.3, 0.4) is 0 Å². The Kier molecular flexibility index (Phi) is 5.88. The fourth-order valence-corrected chi connectivity index (χ4v) is 3.81. The number of likely N-dealkylation sites (N-methyl/N-ethyl adjacent to an activating group) is 1. The fourth-order valence-electron chi connectivity index (χ4n) is 3.69. The molecule has 162 valence electrons. The molecule has 3 aromatic carbocycles. The van der Waals surface area contributed by atoms with Gasteiger partial charge >= 0.3 is 0 Å². The smallest absolute Gasteiger partial charge is 0.282 e. The molecule has 0 saturated heterocycles. The number of benzene rings is 3. The lowest BCUT2D eigenvalue weighted by molar-refractivity contribution is -0.120. The number of ether oxygens (including phenoxy) is 2. The van der Waals surface area contributed by atoms with Gasteiger partial charge in [0.15, 0.2) is 11.5 Å². The average Bonchev–Trinajstić information content (AvgIpc) is 3.09. The Hall–Kier alpha value is -3.77. The Bertz CT molecular complexity index is 1210. The van der Waals surface area contributed by atoms with Crippen LogP contribution in [0.25, 0.3) is 5.57 Å². The minimum atomic E-state index is -0.432. The van der Waals surface area contributed by atoms with Crippen LogP contribution >= 0.6 is 11.6 Å². The molecular formula is C25H21ClN2O4. The molecule has 6 nitrogen and oxygen atoms in total. The number of nitrogens with zero attached hydrogens (tertiary/aromatic N) is 2. The maximum atomic E-state index is 13.6. The van der Waals surface area contributed by atoms with Crippen LogP contribution in [0.4, 0.5) is 11.4 Å². The van der Waals surface area contributed by atoms with Crippen LogP contribution in [0.5, 0.6) is 11.5 Å². The lowest BCUT2D eigenvalue weighted by Crippen LogP contribution is -2.34. The first-order chi connectivity index (χ1) is 15.5. The predicted octanol–water partition coefficient (Wildman–Crippen LogP) is 4.78. The van der Waals surface area contributed by atoms with Gasteiger partial charge in [-0.15, -0.1) is 0 Å². The number of methoxy groups -OCH3 is 2. The molecule has 0 N–H and O–H groups in total. The van der Waals surface area contributed by atoms with Gasteiger partial charge in [-0.1, -0.05) is 41.9 Å². The maximum absolute atomic E-state index is 13.6. The maximum Gasteiger partial charge on any atom is 0.282 e. The number of halogens is 1. The Morgan fingerprint density at radius 2 is 1.47 bits per heavy atom. The molecule has 0 spiro atoms. The van der Waals surface area contributed by atoms with Crippen LogP contribution in [-0.4, -0.2) is 33.1 Å². The van der Waals surface area contributed by atoms with E-state index in [1.54, 1.807) is 54.4 Å². The molecule has 0 radical (unpaired) electrons. The molecule has 0 aromatic heterocycles. The minimum absolute atomic E-state index is 0.276. The summed E-state index contributed by atoms with van der Waals surface area (Å²) in [7, 11) is 4.79. The Morgan fingerprint density at radius 1 is 0.812 bits per heavy atom. The van der Waals surface area contributed by atoms with Gasteiger partial charge in [0.1, 0.15) is 5.70 Å². The van der Waals surface area contributed by atoms with E-state index in [4.69, 9.17) is 21.1 Å². The van der Waals surface area contributed by atoms with Crippen molar-refractivity contribution < 1.29 is 19.1 Å². The van der Waals surface area contributed by atoms with Gasteiger partial charge in [-0.3, -0.25) is 9.59 Å². The van der Waals surface area contributed by atoms with Crippen molar-refractivity contribution in [3.05, 3.63) is 89.1 Å². The highest BCUT2D eigenvalue weighted by atomic mass is 35.5. The van der Waals surface area contributed by atoms with E-state index < -0.39 is 11.8 Å². The van der Waals surface area contributed by atoms with E-state index in [1.165, 1.54) is 14.2 Å². The van der Waals surface area contributed by atoms with E-state index in [9.17, 15) is 9.59 Å². The molecule has 3 aromatic rings. The molecular weight excluding hydrogens is 428 g/mol. The van der Waals surface area contributed by atoms with Gasteiger partial charge in [-0.05, 0) is 42.0 Å². The summed E-state index contributed by atoms with van der Waals surface area (Å²) < 4.78 is 10.6. The monoisotopic (exact) mass is 448 g/mol. The van der Waals surface area contributed by atoms with Crippen molar-refractivity contribution in [3.8, 4) is 11.5 Å². The summed E-state index contributed by atoms with van der Waals surface area (Å²) in [5.74, 6) is 0.0622. The van der Waals surface area contributed by atoms with Gasteiger partial charge in [-0.2, -0.15) is 0 Å². The first-order valence-electron chi connectivity index (χ1n) is 9.86. The molecule has 1 aliphatic rings. The highest BCUT2D eigenvalue weighted by Gasteiger charge is 2.42. The van der Waals surface area contributed by atoms with E-state index in [0.29, 0.717) is 33.3 Å². The second-order valence-electron chi connectivity index (χ2n) is 7.11. The Labute approximate surface area is 191 Å². The quantitative estimate of drug-likeness (QED) is 0.508. The number of anilines is 2. The number of carbonyl (C=O) groups excluding carboxylic acids is 2. The van der Waals surface area contributed by atoms with Gasteiger partial charge < -0.3 is 14.4 Å². The van der Waals surface area contributed by atoms with E-state index in [1.807, 2.05) is 30.3 Å². The standard InChI is InChI=1S/C25H21ClN2O4/c1-27(18-7-5-4-6-8-18)23-22(16-9-11-17(26)12-10-16)24(29)28(25(23)30)19-13-14-20(31-2)21(15-19)32-3/h4-15H,1-3H3. The number of para-hydroxylation sites is 1. The third kappa shape index (κ3) is 3.69. The number of hydrogen-bond acceptors (Lipinski definition) is 5. The van der Waals surface area contributed by atoms with Gasteiger partial charge in [0.25, 0.3) is 11.8 Å². The zero-order valence-corrected chi connectivity index (χ0v) is 18.6. The Balaban J connectivity index is 1.86.